The maximum Gasteiger partial charge on any atom is 0.192 e. The van der Waals surface area contributed by atoms with Gasteiger partial charge in [-0.05, 0) is 42.3 Å². The maximum absolute atomic E-state index is 13.1. The zero-order chi connectivity index (χ0) is 20.6. The smallest absolute Gasteiger partial charge is 0.192 e. The van der Waals surface area contributed by atoms with Gasteiger partial charge in [0, 0.05) is 13.6 Å². The van der Waals surface area contributed by atoms with Crippen LogP contribution in [0, 0.1) is 12.7 Å². The Morgan fingerprint density at radius 3 is 2.23 bits per heavy atom. The van der Waals surface area contributed by atoms with Gasteiger partial charge in [-0.1, -0.05) is 24.3 Å². The number of nitrogens with zero attached hydrogens (tertiary/aromatic N) is 4. The van der Waals surface area contributed by atoms with Gasteiger partial charge in [-0.3, -0.25) is 0 Å². The molecular formula is C21H26FIN6O. The lowest BCUT2D eigenvalue weighted by Crippen LogP contribution is -2.37. The lowest BCUT2D eigenvalue weighted by Gasteiger charge is -2.13. The second-order valence-corrected chi connectivity index (χ2v) is 6.57. The molecule has 0 aliphatic heterocycles. The third kappa shape index (κ3) is 6.68. The van der Waals surface area contributed by atoms with Crippen molar-refractivity contribution in [2.75, 3.05) is 7.11 Å². The molecule has 0 fully saturated rings. The van der Waals surface area contributed by atoms with Crippen LogP contribution in [0.1, 0.15) is 22.8 Å². The van der Waals surface area contributed by atoms with E-state index in [0.29, 0.717) is 25.6 Å². The predicted molar refractivity (Wildman–Crippen MR) is 125 cm³/mol. The molecule has 3 aromatic rings. The van der Waals surface area contributed by atoms with E-state index in [0.717, 1.165) is 28.5 Å². The highest BCUT2D eigenvalue weighted by atomic mass is 127. The Bertz CT molecular complexity index is 957. The molecule has 0 spiro atoms. The Kier molecular flexibility index (Phi) is 9.03. The molecule has 1 heterocycles. The van der Waals surface area contributed by atoms with E-state index < -0.39 is 0 Å². The topological polar surface area (TPSA) is 76.4 Å². The summed E-state index contributed by atoms with van der Waals surface area (Å²) in [6.45, 7) is 3.41. The van der Waals surface area contributed by atoms with Crippen LogP contribution in [0.3, 0.4) is 0 Å². The molecule has 0 bridgehead atoms. The molecule has 1 aromatic heterocycles. The standard InChI is InChI=1S/C21H25FN6O.HI/c1-15-26-27-20(28(15)2)14-25-21(23-12-16-4-8-18(22)9-5-16)24-13-17-6-10-19(29-3)11-7-17;/h4-11H,12-14H2,1-3H3,(H2,23,24,25);1H. The van der Waals surface area contributed by atoms with Crippen molar-refractivity contribution in [2.45, 2.75) is 26.6 Å². The van der Waals surface area contributed by atoms with Gasteiger partial charge in [-0.25, -0.2) is 9.38 Å². The molecule has 3 rings (SSSR count). The molecule has 0 amide bonds. The number of halogens is 2. The molecule has 0 radical (unpaired) electrons. The molecule has 0 saturated carbocycles. The van der Waals surface area contributed by atoms with E-state index in [1.807, 2.05) is 42.8 Å². The van der Waals surface area contributed by atoms with E-state index in [1.54, 1.807) is 19.2 Å². The van der Waals surface area contributed by atoms with E-state index in [-0.39, 0.29) is 29.8 Å². The fourth-order valence-corrected chi connectivity index (χ4v) is 2.63. The Morgan fingerprint density at radius 2 is 1.63 bits per heavy atom. The average Bonchev–Trinajstić information content (AvgIpc) is 3.07. The number of nitrogens with one attached hydrogen (secondary N) is 2. The Labute approximate surface area is 192 Å². The SMILES string of the molecule is COc1ccc(CN=C(NCc2ccc(F)cc2)NCc2nnc(C)n2C)cc1.I. The minimum Gasteiger partial charge on any atom is -0.497 e. The summed E-state index contributed by atoms with van der Waals surface area (Å²) in [5.41, 5.74) is 2.02. The number of hydrogen-bond acceptors (Lipinski definition) is 4. The van der Waals surface area contributed by atoms with Crippen molar-refractivity contribution in [2.24, 2.45) is 12.0 Å². The van der Waals surface area contributed by atoms with Gasteiger partial charge in [-0.15, -0.1) is 34.2 Å². The van der Waals surface area contributed by atoms with Gasteiger partial charge in [0.15, 0.2) is 11.8 Å². The van der Waals surface area contributed by atoms with E-state index in [2.05, 4.69) is 25.8 Å². The maximum atomic E-state index is 13.1. The van der Waals surface area contributed by atoms with Crippen molar-refractivity contribution < 1.29 is 9.13 Å². The highest BCUT2D eigenvalue weighted by molar-refractivity contribution is 14.0. The summed E-state index contributed by atoms with van der Waals surface area (Å²) < 4.78 is 20.2. The number of ether oxygens (including phenoxy) is 1. The highest BCUT2D eigenvalue weighted by Gasteiger charge is 2.07. The first-order valence-corrected chi connectivity index (χ1v) is 9.29. The Morgan fingerprint density at radius 1 is 1.00 bits per heavy atom. The number of guanidine groups is 1. The Hall–Kier alpha value is -2.69. The van der Waals surface area contributed by atoms with Crippen molar-refractivity contribution in [3.63, 3.8) is 0 Å². The zero-order valence-electron chi connectivity index (χ0n) is 17.2. The second-order valence-electron chi connectivity index (χ2n) is 6.57. The fraction of sp³-hybridized carbons (Fsp3) is 0.286. The molecule has 0 aliphatic carbocycles. The highest BCUT2D eigenvalue weighted by Crippen LogP contribution is 2.12. The Balaban J connectivity index is 0.00000320. The largest absolute Gasteiger partial charge is 0.497 e. The van der Waals surface area contributed by atoms with Gasteiger partial charge in [0.2, 0.25) is 0 Å². The molecule has 0 atom stereocenters. The first-order valence-electron chi connectivity index (χ1n) is 9.29. The van der Waals surface area contributed by atoms with Crippen molar-refractivity contribution in [1.29, 1.82) is 0 Å². The zero-order valence-corrected chi connectivity index (χ0v) is 19.6. The summed E-state index contributed by atoms with van der Waals surface area (Å²) in [5, 5.41) is 14.8. The predicted octanol–water partition coefficient (Wildman–Crippen LogP) is 3.32. The van der Waals surface area contributed by atoms with Gasteiger partial charge in [0.1, 0.15) is 17.4 Å². The van der Waals surface area contributed by atoms with Crippen molar-refractivity contribution in [3.8, 4) is 5.75 Å². The second kappa shape index (κ2) is 11.5. The normalized spacial score (nSPS) is 11.0. The molecule has 0 aliphatic rings. The summed E-state index contributed by atoms with van der Waals surface area (Å²) in [5.74, 6) is 2.84. The van der Waals surface area contributed by atoms with Crippen molar-refractivity contribution in [1.82, 2.24) is 25.4 Å². The van der Waals surface area contributed by atoms with E-state index in [4.69, 9.17) is 4.74 Å². The lowest BCUT2D eigenvalue weighted by atomic mass is 10.2. The van der Waals surface area contributed by atoms with Crippen LogP contribution in [0.5, 0.6) is 5.75 Å². The van der Waals surface area contributed by atoms with Crippen LogP contribution >= 0.6 is 24.0 Å². The number of methoxy groups -OCH3 is 1. The molecule has 160 valence electrons. The van der Waals surface area contributed by atoms with Crippen LogP contribution in [0.15, 0.2) is 53.5 Å². The molecule has 9 heteroatoms. The summed E-state index contributed by atoms with van der Waals surface area (Å²) in [7, 11) is 3.56. The van der Waals surface area contributed by atoms with Crippen LogP contribution in [0.2, 0.25) is 0 Å². The number of rotatable bonds is 7. The average molecular weight is 524 g/mol. The number of aromatic nitrogens is 3. The molecule has 2 N–H and O–H groups in total. The third-order valence-corrected chi connectivity index (χ3v) is 4.55. The molecule has 7 nitrogen and oxygen atoms in total. The monoisotopic (exact) mass is 524 g/mol. The number of aliphatic imine (C=N–C) groups is 1. The summed E-state index contributed by atoms with van der Waals surface area (Å²) >= 11 is 0. The number of benzene rings is 2. The number of aryl methyl sites for hydroxylation is 1. The van der Waals surface area contributed by atoms with Crippen molar-refractivity contribution >= 4 is 29.9 Å². The third-order valence-electron chi connectivity index (χ3n) is 4.55. The van der Waals surface area contributed by atoms with Crippen LogP contribution in [-0.2, 0) is 26.7 Å². The summed E-state index contributed by atoms with van der Waals surface area (Å²) in [6, 6.07) is 14.2. The van der Waals surface area contributed by atoms with Crippen molar-refractivity contribution in [3.05, 3.63) is 77.1 Å². The van der Waals surface area contributed by atoms with Gasteiger partial charge in [0.25, 0.3) is 0 Å². The molecule has 2 aromatic carbocycles. The summed E-state index contributed by atoms with van der Waals surface area (Å²) in [4.78, 5) is 4.66. The quantitative estimate of drug-likeness (QED) is 0.282. The van der Waals surface area contributed by atoms with Gasteiger partial charge in [-0.2, -0.15) is 0 Å². The minimum atomic E-state index is -0.252. The minimum absolute atomic E-state index is 0. The van der Waals surface area contributed by atoms with Crippen LogP contribution in [0.25, 0.3) is 0 Å². The molecule has 0 unspecified atom stereocenters. The lowest BCUT2D eigenvalue weighted by molar-refractivity contribution is 0.414. The molecule has 30 heavy (non-hydrogen) atoms. The molecule has 0 saturated heterocycles. The van der Waals surface area contributed by atoms with E-state index in [1.165, 1.54) is 12.1 Å². The fourth-order valence-electron chi connectivity index (χ4n) is 2.63. The van der Waals surface area contributed by atoms with Gasteiger partial charge < -0.3 is 19.9 Å². The van der Waals surface area contributed by atoms with Gasteiger partial charge in [0.05, 0.1) is 20.2 Å². The summed E-state index contributed by atoms with van der Waals surface area (Å²) in [6.07, 6.45) is 0. The van der Waals surface area contributed by atoms with E-state index in [9.17, 15) is 4.39 Å². The van der Waals surface area contributed by atoms with E-state index >= 15 is 0 Å². The van der Waals surface area contributed by atoms with Crippen LogP contribution in [-0.4, -0.2) is 27.8 Å². The first kappa shape index (κ1) is 23.6. The van der Waals surface area contributed by atoms with Crippen LogP contribution < -0.4 is 15.4 Å². The first-order chi connectivity index (χ1) is 14.0. The molecular weight excluding hydrogens is 498 g/mol. The van der Waals surface area contributed by atoms with Gasteiger partial charge >= 0.3 is 0 Å². The number of hydrogen-bond donors (Lipinski definition) is 2. The van der Waals surface area contributed by atoms with Crippen LogP contribution in [0.4, 0.5) is 4.39 Å².